The van der Waals surface area contributed by atoms with Crippen molar-refractivity contribution < 1.29 is 0 Å². The van der Waals surface area contributed by atoms with Crippen molar-refractivity contribution in [2.24, 2.45) is 10.7 Å². The smallest absolute Gasteiger partial charge is 0.191 e. The van der Waals surface area contributed by atoms with Crippen molar-refractivity contribution in [2.45, 2.75) is 37.3 Å². The molecule has 15 heavy (non-hydrogen) atoms. The molecule has 4 heteroatoms. The average Bonchev–Trinajstić information content (AvgIpc) is 3.02. The van der Waals surface area contributed by atoms with E-state index in [4.69, 9.17) is 5.73 Å². The van der Waals surface area contributed by atoms with Crippen LogP contribution in [0.25, 0.3) is 0 Å². The zero-order valence-electron chi connectivity index (χ0n) is 10.0. The minimum Gasteiger partial charge on any atom is -0.370 e. The first kappa shape index (κ1) is 10.7. The van der Waals surface area contributed by atoms with Crippen LogP contribution in [-0.2, 0) is 0 Å². The second-order valence-corrected chi connectivity index (χ2v) is 5.14. The summed E-state index contributed by atoms with van der Waals surface area (Å²) in [5, 5.41) is 0. The van der Waals surface area contributed by atoms with E-state index in [0.29, 0.717) is 17.5 Å². The van der Waals surface area contributed by atoms with E-state index in [2.05, 4.69) is 28.9 Å². The fraction of sp³-hybridized carbons (Fsp3) is 0.909. The van der Waals surface area contributed by atoms with Gasteiger partial charge in [-0.25, -0.2) is 0 Å². The summed E-state index contributed by atoms with van der Waals surface area (Å²) >= 11 is 0. The maximum Gasteiger partial charge on any atom is 0.191 e. The molecule has 0 aliphatic heterocycles. The summed E-state index contributed by atoms with van der Waals surface area (Å²) in [4.78, 5) is 8.91. The van der Waals surface area contributed by atoms with E-state index in [-0.39, 0.29) is 0 Å². The zero-order valence-corrected chi connectivity index (χ0v) is 10.0. The molecule has 2 rings (SSSR count). The Kier molecular flexibility index (Phi) is 2.63. The summed E-state index contributed by atoms with van der Waals surface area (Å²) in [5.74, 6) is 0.714. The number of nitrogens with two attached hydrogens (primary N) is 1. The van der Waals surface area contributed by atoms with Gasteiger partial charge in [-0.1, -0.05) is 0 Å². The van der Waals surface area contributed by atoms with Crippen molar-refractivity contribution in [3.8, 4) is 0 Å². The Morgan fingerprint density at radius 2 is 1.93 bits per heavy atom. The first-order chi connectivity index (χ1) is 7.05. The SMILES string of the molecule is CN(C(N)=NCC1(N(C)C)CC1)C1CC1. The third-order valence-corrected chi connectivity index (χ3v) is 3.77. The summed E-state index contributed by atoms with van der Waals surface area (Å²) in [6.45, 7) is 0.850. The number of rotatable bonds is 4. The largest absolute Gasteiger partial charge is 0.370 e. The standard InChI is InChI=1S/C11H22N4/c1-14(2)11(6-7-11)8-13-10(12)15(3)9-4-5-9/h9H,4-8H2,1-3H3,(H2,12,13). The monoisotopic (exact) mass is 210 g/mol. The van der Waals surface area contributed by atoms with Gasteiger partial charge in [0.25, 0.3) is 0 Å². The quantitative estimate of drug-likeness (QED) is 0.542. The van der Waals surface area contributed by atoms with Gasteiger partial charge >= 0.3 is 0 Å². The minimum atomic E-state index is 0.314. The molecule has 4 nitrogen and oxygen atoms in total. The van der Waals surface area contributed by atoms with Gasteiger partial charge in [0.2, 0.25) is 0 Å². The van der Waals surface area contributed by atoms with Gasteiger partial charge < -0.3 is 15.5 Å². The number of aliphatic imine (C=N–C) groups is 1. The Hall–Kier alpha value is -0.770. The third kappa shape index (κ3) is 2.25. The Labute approximate surface area is 92.1 Å². The van der Waals surface area contributed by atoms with Crippen LogP contribution in [0.5, 0.6) is 0 Å². The van der Waals surface area contributed by atoms with Crippen LogP contribution in [0.1, 0.15) is 25.7 Å². The highest BCUT2D eigenvalue weighted by molar-refractivity contribution is 5.78. The molecule has 0 spiro atoms. The Balaban J connectivity index is 1.87. The van der Waals surface area contributed by atoms with Gasteiger partial charge in [0.05, 0.1) is 6.54 Å². The maximum atomic E-state index is 5.95. The highest BCUT2D eigenvalue weighted by Crippen LogP contribution is 2.40. The van der Waals surface area contributed by atoms with Gasteiger partial charge in [-0.05, 0) is 39.8 Å². The van der Waals surface area contributed by atoms with Crippen LogP contribution in [0, 0.1) is 0 Å². The summed E-state index contributed by atoms with van der Waals surface area (Å²) in [5.41, 5.74) is 6.27. The van der Waals surface area contributed by atoms with Crippen LogP contribution in [0.3, 0.4) is 0 Å². The molecule has 0 amide bonds. The highest BCUT2D eigenvalue weighted by atomic mass is 15.3. The molecule has 2 saturated carbocycles. The molecule has 0 radical (unpaired) electrons. The molecule has 0 saturated heterocycles. The topological polar surface area (TPSA) is 44.9 Å². The predicted octanol–water partition coefficient (Wildman–Crippen LogP) is 0.490. The lowest BCUT2D eigenvalue weighted by molar-refractivity contribution is 0.278. The second kappa shape index (κ2) is 3.67. The van der Waals surface area contributed by atoms with E-state index in [9.17, 15) is 0 Å². The van der Waals surface area contributed by atoms with Crippen LogP contribution in [0.15, 0.2) is 4.99 Å². The third-order valence-electron chi connectivity index (χ3n) is 3.77. The normalized spacial score (nSPS) is 24.4. The van der Waals surface area contributed by atoms with Crippen LogP contribution in [-0.4, -0.2) is 55.0 Å². The van der Waals surface area contributed by atoms with Crippen LogP contribution in [0.2, 0.25) is 0 Å². The maximum absolute atomic E-state index is 5.95. The fourth-order valence-corrected chi connectivity index (χ4v) is 1.88. The molecule has 0 bridgehead atoms. The molecule has 0 atom stereocenters. The average molecular weight is 210 g/mol. The Bertz CT molecular complexity index is 264. The molecule has 2 aliphatic carbocycles. The number of nitrogens with zero attached hydrogens (tertiary/aromatic N) is 3. The van der Waals surface area contributed by atoms with Crippen LogP contribution < -0.4 is 5.73 Å². The molecule has 2 aliphatic rings. The van der Waals surface area contributed by atoms with Crippen molar-refractivity contribution in [3.63, 3.8) is 0 Å². The molecular weight excluding hydrogens is 188 g/mol. The molecular formula is C11H22N4. The number of likely N-dealkylation sites (N-methyl/N-ethyl adjacent to an activating group) is 1. The predicted molar refractivity (Wildman–Crippen MR) is 62.9 cm³/mol. The van der Waals surface area contributed by atoms with Gasteiger partial charge in [-0.15, -0.1) is 0 Å². The minimum absolute atomic E-state index is 0.314. The number of hydrogen-bond donors (Lipinski definition) is 1. The lowest BCUT2D eigenvalue weighted by Crippen LogP contribution is -2.38. The summed E-state index contributed by atoms with van der Waals surface area (Å²) < 4.78 is 0. The Morgan fingerprint density at radius 3 is 2.33 bits per heavy atom. The fourth-order valence-electron chi connectivity index (χ4n) is 1.88. The molecule has 0 aromatic rings. The molecule has 0 heterocycles. The number of hydrogen-bond acceptors (Lipinski definition) is 2. The van der Waals surface area contributed by atoms with Crippen molar-refractivity contribution in [2.75, 3.05) is 27.7 Å². The van der Waals surface area contributed by atoms with E-state index >= 15 is 0 Å². The summed E-state index contributed by atoms with van der Waals surface area (Å²) in [6.07, 6.45) is 5.05. The first-order valence-electron chi connectivity index (χ1n) is 5.75. The van der Waals surface area contributed by atoms with Crippen molar-refractivity contribution in [1.82, 2.24) is 9.80 Å². The lowest BCUT2D eigenvalue weighted by atomic mass is 10.2. The number of guanidine groups is 1. The second-order valence-electron chi connectivity index (χ2n) is 5.14. The zero-order chi connectivity index (χ0) is 11.1. The van der Waals surface area contributed by atoms with Gasteiger partial charge in [0, 0.05) is 18.6 Å². The van der Waals surface area contributed by atoms with Gasteiger partial charge in [0.1, 0.15) is 0 Å². The van der Waals surface area contributed by atoms with E-state index in [1.54, 1.807) is 0 Å². The molecule has 2 N–H and O–H groups in total. The summed E-state index contributed by atoms with van der Waals surface area (Å²) in [6, 6.07) is 0.656. The van der Waals surface area contributed by atoms with Crippen LogP contribution in [0.4, 0.5) is 0 Å². The van der Waals surface area contributed by atoms with E-state index in [1.165, 1.54) is 25.7 Å². The van der Waals surface area contributed by atoms with E-state index in [0.717, 1.165) is 6.54 Å². The molecule has 0 aromatic carbocycles. The van der Waals surface area contributed by atoms with Crippen molar-refractivity contribution in [3.05, 3.63) is 0 Å². The first-order valence-corrected chi connectivity index (χ1v) is 5.75. The van der Waals surface area contributed by atoms with E-state index < -0.39 is 0 Å². The van der Waals surface area contributed by atoms with Gasteiger partial charge in [-0.3, -0.25) is 4.99 Å². The van der Waals surface area contributed by atoms with Gasteiger partial charge in [0.15, 0.2) is 5.96 Å². The van der Waals surface area contributed by atoms with Crippen molar-refractivity contribution in [1.29, 1.82) is 0 Å². The molecule has 2 fully saturated rings. The summed E-state index contributed by atoms with van der Waals surface area (Å²) in [7, 11) is 6.30. The van der Waals surface area contributed by atoms with E-state index in [1.807, 2.05) is 7.05 Å². The Morgan fingerprint density at radius 1 is 1.33 bits per heavy atom. The molecule has 86 valence electrons. The molecule has 0 unspecified atom stereocenters. The molecule has 0 aromatic heterocycles. The lowest BCUT2D eigenvalue weighted by Gasteiger charge is -2.23. The van der Waals surface area contributed by atoms with Gasteiger partial charge in [-0.2, -0.15) is 0 Å². The highest BCUT2D eigenvalue weighted by Gasteiger charge is 2.44. The van der Waals surface area contributed by atoms with Crippen molar-refractivity contribution >= 4 is 5.96 Å². The van der Waals surface area contributed by atoms with Crippen LogP contribution >= 0.6 is 0 Å².